The molecule has 228 valence electrons. The van der Waals surface area contributed by atoms with Crippen LogP contribution in [-0.4, -0.2) is 4.98 Å². The van der Waals surface area contributed by atoms with Crippen molar-refractivity contribution in [3.8, 4) is 22.6 Å². The van der Waals surface area contributed by atoms with E-state index in [9.17, 15) is 0 Å². The quantitative estimate of drug-likeness (QED) is 0.192. The van der Waals surface area contributed by atoms with Gasteiger partial charge in [-0.25, -0.2) is 4.98 Å². The van der Waals surface area contributed by atoms with E-state index in [2.05, 4.69) is 95.9 Å². The number of fused-ring (bicyclic) bond motifs is 8. The van der Waals surface area contributed by atoms with Gasteiger partial charge >= 0.3 is 0 Å². The van der Waals surface area contributed by atoms with Crippen LogP contribution >= 0.6 is 0 Å². The Morgan fingerprint density at radius 2 is 1.27 bits per heavy atom. The highest BCUT2D eigenvalue weighted by Crippen LogP contribution is 2.41. The van der Waals surface area contributed by atoms with Gasteiger partial charge in [-0.2, -0.15) is 0 Å². The summed E-state index contributed by atoms with van der Waals surface area (Å²) in [4.78, 5) is 7.16. The van der Waals surface area contributed by atoms with Crippen LogP contribution in [0.3, 0.4) is 0 Å². The first kappa shape index (κ1) is 26.8. The molecule has 0 spiro atoms. The lowest BCUT2D eigenvalue weighted by atomic mass is 10.0. The molecule has 0 fully saturated rings. The predicted octanol–water partition coefficient (Wildman–Crippen LogP) is 12.3. The molecule has 1 aliphatic rings. The number of furan rings is 2. The lowest BCUT2D eigenvalue weighted by Crippen LogP contribution is -2.17. The molecule has 0 saturated heterocycles. The Morgan fingerprint density at radius 1 is 0.542 bits per heavy atom. The van der Waals surface area contributed by atoms with Crippen LogP contribution < -0.4 is 4.90 Å². The molecule has 0 amide bonds. The van der Waals surface area contributed by atoms with Gasteiger partial charge < -0.3 is 18.2 Å². The number of hydrogen-bond acceptors (Lipinski definition) is 5. The van der Waals surface area contributed by atoms with Crippen molar-refractivity contribution in [2.24, 2.45) is 0 Å². The number of allylic oxidation sites excluding steroid dienone is 4. The molecule has 0 N–H and O–H groups in total. The first-order valence-corrected chi connectivity index (χ1v) is 16.3. The topological polar surface area (TPSA) is 55.6 Å². The van der Waals surface area contributed by atoms with Gasteiger partial charge in [-0.05, 0) is 103 Å². The largest absolute Gasteiger partial charge is 0.456 e. The first-order chi connectivity index (χ1) is 23.8. The van der Waals surface area contributed by atoms with Crippen LogP contribution in [0.15, 0.2) is 165 Å². The van der Waals surface area contributed by atoms with Crippen molar-refractivity contribution in [2.45, 2.75) is 12.8 Å². The van der Waals surface area contributed by atoms with Crippen LogP contribution in [0.2, 0.25) is 0 Å². The molecule has 10 rings (SSSR count). The number of aromatic nitrogens is 1. The fourth-order valence-electron chi connectivity index (χ4n) is 7.04. The van der Waals surface area contributed by atoms with Gasteiger partial charge in [-0.3, -0.25) is 0 Å². The van der Waals surface area contributed by atoms with Crippen molar-refractivity contribution in [3.05, 3.63) is 151 Å². The third-order valence-corrected chi connectivity index (χ3v) is 9.37. The van der Waals surface area contributed by atoms with E-state index in [1.165, 1.54) is 5.70 Å². The monoisotopic (exact) mass is 620 g/mol. The number of benzene rings is 6. The Labute approximate surface area is 275 Å². The molecular weight excluding hydrogens is 592 g/mol. The fraction of sp³-hybridized carbons (Fsp3) is 0.0465. The molecule has 0 saturated carbocycles. The average molecular weight is 621 g/mol. The number of para-hydroxylation sites is 1. The fourth-order valence-corrected chi connectivity index (χ4v) is 7.04. The average Bonchev–Trinajstić information content (AvgIpc) is 3.86. The molecule has 0 unspecified atom stereocenters. The molecule has 0 atom stereocenters. The van der Waals surface area contributed by atoms with Crippen molar-refractivity contribution in [1.82, 2.24) is 4.98 Å². The van der Waals surface area contributed by atoms with Gasteiger partial charge in [0.05, 0.1) is 5.39 Å². The molecule has 0 bridgehead atoms. The maximum atomic E-state index is 6.37. The van der Waals surface area contributed by atoms with E-state index in [0.29, 0.717) is 5.89 Å². The Bertz CT molecular complexity index is 2730. The summed E-state index contributed by atoms with van der Waals surface area (Å²) in [6.07, 6.45) is 8.59. The van der Waals surface area contributed by atoms with Gasteiger partial charge in [-0.15, -0.1) is 0 Å². The number of rotatable bonds is 5. The molecule has 3 aromatic heterocycles. The van der Waals surface area contributed by atoms with Crippen molar-refractivity contribution in [1.29, 1.82) is 0 Å². The van der Waals surface area contributed by atoms with Crippen LogP contribution in [-0.2, 0) is 0 Å². The van der Waals surface area contributed by atoms with Crippen LogP contribution in [0.4, 0.5) is 11.4 Å². The van der Waals surface area contributed by atoms with Crippen LogP contribution in [0.5, 0.6) is 0 Å². The highest BCUT2D eigenvalue weighted by atomic mass is 16.4. The standard InChI is InChI=1S/C43H28N2O3/c1-3-9-28(10-4-1)43-44-36-21-24-40-41(42(36)48-43)35-25-29(17-22-39(35)47-40)27-15-18-31(19-16-27)45(30-11-5-2-6-12-30)32-20-23-38-34(26-32)33-13-7-8-14-37(33)46-38/h1-5,7-11,13-26H,6,12H2. The number of nitrogens with zero attached hydrogens (tertiary/aromatic N) is 2. The number of hydrogen-bond donors (Lipinski definition) is 0. The van der Waals surface area contributed by atoms with E-state index < -0.39 is 0 Å². The van der Waals surface area contributed by atoms with Gasteiger partial charge in [0.15, 0.2) is 5.58 Å². The molecule has 6 aromatic carbocycles. The Balaban J connectivity index is 1.06. The van der Waals surface area contributed by atoms with Crippen LogP contribution in [0.1, 0.15) is 12.8 Å². The van der Waals surface area contributed by atoms with E-state index in [1.54, 1.807) is 0 Å². The third-order valence-electron chi connectivity index (χ3n) is 9.37. The minimum Gasteiger partial charge on any atom is -0.456 e. The molecule has 5 nitrogen and oxygen atoms in total. The summed E-state index contributed by atoms with van der Waals surface area (Å²) in [6, 6.07) is 43.9. The zero-order valence-corrected chi connectivity index (χ0v) is 25.9. The number of oxazole rings is 1. The summed E-state index contributed by atoms with van der Waals surface area (Å²) in [5.74, 6) is 0.604. The van der Waals surface area contributed by atoms with E-state index in [-0.39, 0.29) is 0 Å². The van der Waals surface area contributed by atoms with Gasteiger partial charge in [0.2, 0.25) is 5.89 Å². The molecular formula is C43H28N2O3. The normalized spacial score (nSPS) is 13.3. The maximum absolute atomic E-state index is 6.37. The van der Waals surface area contributed by atoms with Gasteiger partial charge in [0, 0.05) is 38.8 Å². The number of anilines is 2. The summed E-state index contributed by atoms with van der Waals surface area (Å²) >= 11 is 0. The van der Waals surface area contributed by atoms with Gasteiger partial charge in [0.25, 0.3) is 0 Å². The van der Waals surface area contributed by atoms with Crippen LogP contribution in [0, 0.1) is 0 Å². The minimum atomic E-state index is 0.604. The van der Waals surface area contributed by atoms with Crippen molar-refractivity contribution < 1.29 is 13.3 Å². The zero-order valence-electron chi connectivity index (χ0n) is 25.9. The summed E-state index contributed by atoms with van der Waals surface area (Å²) < 4.78 is 18.8. The second-order valence-electron chi connectivity index (χ2n) is 12.3. The molecule has 48 heavy (non-hydrogen) atoms. The molecule has 3 heterocycles. The Kier molecular flexibility index (Phi) is 5.93. The summed E-state index contributed by atoms with van der Waals surface area (Å²) in [5.41, 5.74) is 11.6. The molecule has 5 heteroatoms. The summed E-state index contributed by atoms with van der Waals surface area (Å²) in [7, 11) is 0. The van der Waals surface area contributed by atoms with E-state index in [1.807, 2.05) is 54.6 Å². The highest BCUT2D eigenvalue weighted by molar-refractivity contribution is 6.17. The van der Waals surface area contributed by atoms with E-state index >= 15 is 0 Å². The van der Waals surface area contributed by atoms with E-state index in [0.717, 1.165) is 95.9 Å². The summed E-state index contributed by atoms with van der Waals surface area (Å²) in [6.45, 7) is 0. The molecule has 0 radical (unpaired) electrons. The zero-order chi connectivity index (χ0) is 31.6. The third kappa shape index (κ3) is 4.28. The molecule has 9 aromatic rings. The van der Waals surface area contributed by atoms with Crippen molar-refractivity contribution >= 4 is 66.4 Å². The molecule has 1 aliphatic carbocycles. The van der Waals surface area contributed by atoms with Gasteiger partial charge in [0.1, 0.15) is 27.8 Å². The molecule has 0 aliphatic heterocycles. The predicted molar refractivity (Wildman–Crippen MR) is 194 cm³/mol. The maximum Gasteiger partial charge on any atom is 0.227 e. The van der Waals surface area contributed by atoms with Gasteiger partial charge in [-0.1, -0.05) is 66.7 Å². The smallest absolute Gasteiger partial charge is 0.227 e. The highest BCUT2D eigenvalue weighted by Gasteiger charge is 2.20. The Morgan fingerprint density at radius 3 is 2.15 bits per heavy atom. The lowest BCUT2D eigenvalue weighted by Gasteiger charge is -2.29. The minimum absolute atomic E-state index is 0.604. The van der Waals surface area contributed by atoms with E-state index in [4.69, 9.17) is 18.2 Å². The second kappa shape index (κ2) is 10.6. The van der Waals surface area contributed by atoms with Crippen molar-refractivity contribution in [2.75, 3.05) is 4.90 Å². The van der Waals surface area contributed by atoms with Crippen molar-refractivity contribution in [3.63, 3.8) is 0 Å². The SMILES string of the molecule is C1=CCCC(N(c2ccc(-c3ccc4oc5ccc6nc(-c7ccccc7)oc6c5c4c3)cc2)c2ccc3oc4ccccc4c3c2)=C1. The summed E-state index contributed by atoms with van der Waals surface area (Å²) in [5, 5.41) is 4.20. The lowest BCUT2D eigenvalue weighted by molar-refractivity contribution is 0.622. The Hall–Kier alpha value is -6.33. The first-order valence-electron chi connectivity index (χ1n) is 16.3. The second-order valence-corrected chi connectivity index (χ2v) is 12.3. The van der Waals surface area contributed by atoms with Crippen LogP contribution in [0.25, 0.3) is 77.6 Å².